The largest absolute Gasteiger partial charge is 0.416 e. The van der Waals surface area contributed by atoms with Crippen LogP contribution in [0.3, 0.4) is 0 Å². The molecule has 1 aliphatic rings. The normalized spacial score (nSPS) is 21.4. The van der Waals surface area contributed by atoms with Gasteiger partial charge in [0.25, 0.3) is 0 Å². The Morgan fingerprint density at radius 3 is 2.05 bits per heavy atom. The van der Waals surface area contributed by atoms with Crippen LogP contribution in [0.5, 0.6) is 0 Å². The summed E-state index contributed by atoms with van der Waals surface area (Å²) in [6.07, 6.45) is -4.28. The molecule has 1 N–H and O–H groups in total. The van der Waals surface area contributed by atoms with Crippen molar-refractivity contribution in [2.45, 2.75) is 46.5 Å². The van der Waals surface area contributed by atoms with E-state index in [0.717, 1.165) is 6.07 Å². The lowest BCUT2D eigenvalue weighted by Gasteiger charge is -2.14. The van der Waals surface area contributed by atoms with E-state index in [-0.39, 0.29) is 23.4 Å². The molecule has 0 radical (unpaired) electrons. The molecule has 0 spiro atoms. The number of halogens is 3. The molecule has 19 heavy (non-hydrogen) atoms. The topological polar surface area (TPSA) is 12.0 Å². The minimum Gasteiger partial charge on any atom is -0.309 e. The third kappa shape index (κ3) is 2.38. The molecule has 0 amide bonds. The third-order valence-corrected chi connectivity index (χ3v) is 4.84. The summed E-state index contributed by atoms with van der Waals surface area (Å²) < 4.78 is 38.6. The predicted molar refractivity (Wildman–Crippen MR) is 69.6 cm³/mol. The fourth-order valence-electron chi connectivity index (χ4n) is 2.87. The van der Waals surface area contributed by atoms with Gasteiger partial charge in [0, 0.05) is 12.6 Å². The first-order valence-electron chi connectivity index (χ1n) is 6.47. The van der Waals surface area contributed by atoms with Gasteiger partial charge in [-0.3, -0.25) is 0 Å². The van der Waals surface area contributed by atoms with Gasteiger partial charge in [0.1, 0.15) is 0 Å². The number of hydrogen-bond acceptors (Lipinski definition) is 1. The maximum atomic E-state index is 12.9. The van der Waals surface area contributed by atoms with Crippen molar-refractivity contribution in [3.05, 3.63) is 35.4 Å². The van der Waals surface area contributed by atoms with E-state index in [4.69, 9.17) is 0 Å². The van der Waals surface area contributed by atoms with E-state index in [2.05, 4.69) is 33.0 Å². The number of benzene rings is 1. The molecule has 0 bridgehead atoms. The van der Waals surface area contributed by atoms with Crippen LogP contribution in [0.25, 0.3) is 0 Å². The second-order valence-corrected chi connectivity index (χ2v) is 6.41. The molecule has 0 unspecified atom stereocenters. The van der Waals surface area contributed by atoms with Gasteiger partial charge in [0.2, 0.25) is 0 Å². The van der Waals surface area contributed by atoms with Gasteiger partial charge in [0.15, 0.2) is 0 Å². The zero-order valence-electron chi connectivity index (χ0n) is 11.7. The number of rotatable bonds is 3. The molecule has 1 nitrogen and oxygen atoms in total. The lowest BCUT2D eigenvalue weighted by Crippen LogP contribution is -2.23. The fourth-order valence-corrected chi connectivity index (χ4v) is 2.87. The van der Waals surface area contributed by atoms with E-state index in [1.807, 2.05) is 0 Å². The summed E-state index contributed by atoms with van der Waals surface area (Å²) in [5.41, 5.74) is 0.0210. The van der Waals surface area contributed by atoms with Crippen molar-refractivity contribution in [1.82, 2.24) is 5.32 Å². The van der Waals surface area contributed by atoms with E-state index in [0.29, 0.717) is 5.56 Å². The Morgan fingerprint density at radius 2 is 1.58 bits per heavy atom. The molecule has 106 valence electrons. The molecule has 1 aromatic carbocycles. The molecule has 1 saturated carbocycles. The Kier molecular flexibility index (Phi) is 3.21. The van der Waals surface area contributed by atoms with E-state index >= 15 is 0 Å². The molecule has 0 atom stereocenters. The van der Waals surface area contributed by atoms with Crippen molar-refractivity contribution < 1.29 is 13.2 Å². The van der Waals surface area contributed by atoms with Gasteiger partial charge in [-0.2, -0.15) is 13.2 Å². The highest BCUT2D eigenvalue weighted by Crippen LogP contribution is 2.62. The molecule has 0 aliphatic heterocycles. The second kappa shape index (κ2) is 4.23. The van der Waals surface area contributed by atoms with Crippen LogP contribution in [-0.4, -0.2) is 6.04 Å². The van der Waals surface area contributed by atoms with Gasteiger partial charge in [-0.05, 0) is 22.5 Å². The van der Waals surface area contributed by atoms with Crippen molar-refractivity contribution in [1.29, 1.82) is 0 Å². The van der Waals surface area contributed by atoms with Crippen LogP contribution in [0.4, 0.5) is 13.2 Å². The minimum atomic E-state index is -4.28. The molecule has 1 aromatic rings. The Balaban J connectivity index is 2.10. The van der Waals surface area contributed by atoms with Gasteiger partial charge in [-0.25, -0.2) is 0 Å². The lowest BCUT2D eigenvalue weighted by atomic mass is 10.0. The molecule has 0 saturated heterocycles. The second-order valence-electron chi connectivity index (χ2n) is 6.41. The van der Waals surface area contributed by atoms with Crippen LogP contribution >= 0.6 is 0 Å². The van der Waals surface area contributed by atoms with E-state index in [1.165, 1.54) is 12.1 Å². The average Bonchev–Trinajstić information content (AvgIpc) is 2.66. The Hall–Kier alpha value is -1.03. The van der Waals surface area contributed by atoms with Gasteiger partial charge in [-0.15, -0.1) is 0 Å². The molecular weight excluding hydrogens is 251 g/mol. The number of hydrogen-bond donors (Lipinski definition) is 1. The molecular formula is C15H20F3N. The summed E-state index contributed by atoms with van der Waals surface area (Å²) >= 11 is 0. The third-order valence-electron chi connectivity index (χ3n) is 4.84. The van der Waals surface area contributed by atoms with Crippen molar-refractivity contribution in [3.8, 4) is 0 Å². The van der Waals surface area contributed by atoms with Crippen molar-refractivity contribution in [2.24, 2.45) is 10.8 Å². The van der Waals surface area contributed by atoms with Crippen LogP contribution in [0, 0.1) is 10.8 Å². The smallest absolute Gasteiger partial charge is 0.309 e. The van der Waals surface area contributed by atoms with Crippen LogP contribution in [0.2, 0.25) is 0 Å². The van der Waals surface area contributed by atoms with Crippen LogP contribution in [-0.2, 0) is 12.7 Å². The highest BCUT2D eigenvalue weighted by atomic mass is 19.4. The Morgan fingerprint density at radius 1 is 1.05 bits per heavy atom. The summed E-state index contributed by atoms with van der Waals surface area (Å²) in [6, 6.07) is 6.01. The highest BCUT2D eigenvalue weighted by molar-refractivity contribution is 5.30. The van der Waals surface area contributed by atoms with E-state index in [9.17, 15) is 13.2 Å². The predicted octanol–water partition coefficient (Wildman–Crippen LogP) is 4.23. The van der Waals surface area contributed by atoms with Crippen LogP contribution in [0.15, 0.2) is 24.3 Å². The number of alkyl halides is 3. The first-order valence-corrected chi connectivity index (χ1v) is 6.47. The summed E-state index contributed by atoms with van der Waals surface area (Å²) in [4.78, 5) is 0. The van der Waals surface area contributed by atoms with Crippen molar-refractivity contribution in [2.75, 3.05) is 0 Å². The first-order chi connectivity index (χ1) is 8.58. The van der Waals surface area contributed by atoms with Gasteiger partial charge in [0.05, 0.1) is 5.56 Å². The molecule has 4 heteroatoms. The highest BCUT2D eigenvalue weighted by Gasteiger charge is 2.64. The van der Waals surface area contributed by atoms with Gasteiger partial charge in [-0.1, -0.05) is 45.9 Å². The number of nitrogens with one attached hydrogen (secondary N) is 1. The quantitative estimate of drug-likeness (QED) is 0.867. The fraction of sp³-hybridized carbons (Fsp3) is 0.600. The average molecular weight is 271 g/mol. The van der Waals surface area contributed by atoms with Gasteiger partial charge >= 0.3 is 6.18 Å². The zero-order chi connectivity index (χ0) is 14.5. The van der Waals surface area contributed by atoms with E-state index in [1.54, 1.807) is 6.07 Å². The summed E-state index contributed by atoms with van der Waals surface area (Å²) in [5, 5.41) is 3.27. The summed E-state index contributed by atoms with van der Waals surface area (Å²) in [7, 11) is 0. The maximum absolute atomic E-state index is 12.9. The first kappa shape index (κ1) is 14.4. The summed E-state index contributed by atoms with van der Waals surface area (Å²) in [5.74, 6) is 0. The van der Waals surface area contributed by atoms with Crippen molar-refractivity contribution in [3.63, 3.8) is 0 Å². The minimum absolute atomic E-state index is 0.125. The monoisotopic (exact) mass is 271 g/mol. The SMILES string of the molecule is CC1(C)C(NCc2ccccc2C(F)(F)F)C1(C)C. The molecule has 2 rings (SSSR count). The molecule has 0 heterocycles. The van der Waals surface area contributed by atoms with Crippen LogP contribution < -0.4 is 5.32 Å². The Bertz CT molecular complexity index is 461. The summed E-state index contributed by atoms with van der Waals surface area (Å²) in [6.45, 7) is 8.81. The Labute approximate surface area is 112 Å². The van der Waals surface area contributed by atoms with E-state index < -0.39 is 11.7 Å². The van der Waals surface area contributed by atoms with Crippen LogP contribution in [0.1, 0.15) is 38.8 Å². The standard InChI is InChI=1S/C15H20F3N/c1-13(2)12(14(13,3)4)19-9-10-7-5-6-8-11(10)15(16,17)18/h5-8,12,19H,9H2,1-4H3. The lowest BCUT2D eigenvalue weighted by molar-refractivity contribution is -0.138. The molecule has 1 fully saturated rings. The van der Waals surface area contributed by atoms with Gasteiger partial charge < -0.3 is 5.32 Å². The molecule has 1 aliphatic carbocycles. The molecule has 0 aromatic heterocycles. The zero-order valence-corrected chi connectivity index (χ0v) is 11.7. The van der Waals surface area contributed by atoms with Crippen molar-refractivity contribution >= 4 is 0 Å². The maximum Gasteiger partial charge on any atom is 0.416 e.